The summed E-state index contributed by atoms with van der Waals surface area (Å²) in [7, 11) is 0. The molecule has 0 radical (unpaired) electrons. The van der Waals surface area contributed by atoms with Crippen molar-refractivity contribution in [3.05, 3.63) is 0 Å². The molecule has 0 saturated carbocycles. The maximum Gasteiger partial charge on any atom is 0.336 e. The minimum absolute atomic E-state index is 0.731. The fraction of sp³-hybridized carbons (Fsp3) is 0.500. The van der Waals surface area contributed by atoms with E-state index in [0.717, 1.165) is 13.8 Å². The number of aliphatic carboxylic acids is 4. The molecule has 6 N–H and O–H groups in total. The van der Waals surface area contributed by atoms with Crippen molar-refractivity contribution in [3.8, 4) is 0 Å². The number of rotatable bonds is 7. The fourth-order valence-electron chi connectivity index (χ4n) is 0.647. The van der Waals surface area contributed by atoms with Gasteiger partial charge in [-0.05, 0) is 13.8 Å². The lowest BCUT2D eigenvalue weighted by Gasteiger charge is -2.28. The van der Waals surface area contributed by atoms with Crippen molar-refractivity contribution in [1.29, 1.82) is 0 Å². The van der Waals surface area contributed by atoms with Gasteiger partial charge in [-0.15, -0.1) is 0 Å². The second-order valence-corrected chi connectivity index (χ2v) is 3.72. The van der Waals surface area contributed by atoms with Crippen LogP contribution in [0.5, 0.6) is 0 Å². The van der Waals surface area contributed by atoms with Gasteiger partial charge in [-0.2, -0.15) is 0 Å². The molecule has 0 aromatic heterocycles. The molecule has 0 aliphatic heterocycles. The van der Waals surface area contributed by atoms with Gasteiger partial charge in [-0.1, -0.05) is 0 Å². The van der Waals surface area contributed by atoms with E-state index in [-0.39, 0.29) is 0 Å². The third-order valence-corrected chi connectivity index (χ3v) is 2.27. The van der Waals surface area contributed by atoms with Gasteiger partial charge in [0.05, 0.1) is 0 Å². The van der Waals surface area contributed by atoms with Crippen molar-refractivity contribution >= 4 is 23.9 Å². The van der Waals surface area contributed by atoms with Gasteiger partial charge in [0.15, 0.2) is 0 Å². The van der Waals surface area contributed by atoms with Crippen LogP contribution in [0.3, 0.4) is 0 Å². The highest BCUT2D eigenvalue weighted by atomic mass is 16.4. The third-order valence-electron chi connectivity index (χ3n) is 2.27. The molecule has 10 nitrogen and oxygen atoms in total. The average molecular weight is 264 g/mol. The lowest BCUT2D eigenvalue weighted by atomic mass is 10.0. The SMILES string of the molecule is CC(NNC(C)(C(=O)O)C(=O)O)(C(=O)O)C(=O)O. The molecule has 0 spiro atoms. The molecule has 0 rings (SSSR count). The van der Waals surface area contributed by atoms with Crippen LogP contribution in [-0.4, -0.2) is 55.4 Å². The predicted molar refractivity (Wildman–Crippen MR) is 53.6 cm³/mol. The van der Waals surface area contributed by atoms with Gasteiger partial charge in [-0.3, -0.25) is 0 Å². The van der Waals surface area contributed by atoms with E-state index in [9.17, 15) is 19.2 Å². The Morgan fingerprint density at radius 3 is 0.944 bits per heavy atom. The molecule has 18 heavy (non-hydrogen) atoms. The van der Waals surface area contributed by atoms with Gasteiger partial charge < -0.3 is 20.4 Å². The Morgan fingerprint density at radius 2 is 0.833 bits per heavy atom. The Hall–Kier alpha value is -2.20. The van der Waals surface area contributed by atoms with Crippen molar-refractivity contribution in [1.82, 2.24) is 10.9 Å². The number of nitrogens with one attached hydrogen (secondary N) is 2. The van der Waals surface area contributed by atoms with Crippen LogP contribution < -0.4 is 10.9 Å². The number of carboxylic acids is 4. The Bertz CT molecular complexity index is 338. The minimum Gasteiger partial charge on any atom is -0.479 e. The highest BCUT2D eigenvalue weighted by molar-refractivity contribution is 6.04. The summed E-state index contributed by atoms with van der Waals surface area (Å²) >= 11 is 0. The first kappa shape index (κ1) is 15.8. The van der Waals surface area contributed by atoms with Crippen LogP contribution in [0.2, 0.25) is 0 Å². The Morgan fingerprint density at radius 1 is 0.667 bits per heavy atom. The fourth-order valence-corrected chi connectivity index (χ4v) is 0.647. The van der Waals surface area contributed by atoms with E-state index in [1.54, 1.807) is 10.9 Å². The van der Waals surface area contributed by atoms with E-state index in [1.165, 1.54) is 0 Å². The molecule has 0 aromatic carbocycles. The second-order valence-electron chi connectivity index (χ2n) is 3.72. The van der Waals surface area contributed by atoms with E-state index in [0.29, 0.717) is 0 Å². The number of carboxylic acid groups (broad SMARTS) is 4. The molecule has 0 saturated heterocycles. The van der Waals surface area contributed by atoms with Gasteiger partial charge in [0, 0.05) is 0 Å². The largest absolute Gasteiger partial charge is 0.479 e. The van der Waals surface area contributed by atoms with Crippen LogP contribution in [0.1, 0.15) is 13.8 Å². The minimum atomic E-state index is -2.58. The number of carbonyl (C=O) groups is 4. The Balaban J connectivity index is 5.14. The second kappa shape index (κ2) is 4.98. The number of hydrogen-bond acceptors (Lipinski definition) is 6. The molecule has 0 aliphatic carbocycles. The van der Waals surface area contributed by atoms with E-state index in [1.807, 2.05) is 0 Å². The summed E-state index contributed by atoms with van der Waals surface area (Å²) in [6.45, 7) is 1.46. The zero-order chi connectivity index (χ0) is 14.7. The standard InChI is InChI=1S/C8H12N2O8/c1-7(3(11)12,4(13)14)9-10-8(2,5(15)16)6(17)18/h9-10H,1-2H3,(H,11,12)(H,13,14)(H,15,16)(H,17,18). The molecule has 0 bridgehead atoms. The molecule has 0 aliphatic rings. The quantitative estimate of drug-likeness (QED) is 0.221. The maximum atomic E-state index is 10.7. The third kappa shape index (κ3) is 2.73. The van der Waals surface area contributed by atoms with E-state index in [4.69, 9.17) is 20.4 Å². The van der Waals surface area contributed by atoms with Crippen molar-refractivity contribution in [3.63, 3.8) is 0 Å². The lowest BCUT2D eigenvalue weighted by molar-refractivity contribution is -0.165. The molecule has 0 unspecified atom stereocenters. The van der Waals surface area contributed by atoms with Crippen LogP contribution in [0.25, 0.3) is 0 Å². The zero-order valence-electron chi connectivity index (χ0n) is 9.42. The summed E-state index contributed by atoms with van der Waals surface area (Å²) in [5.41, 5.74) is -1.78. The summed E-state index contributed by atoms with van der Waals surface area (Å²) in [5.74, 6) is -7.28. The van der Waals surface area contributed by atoms with Crippen molar-refractivity contribution < 1.29 is 39.6 Å². The van der Waals surface area contributed by atoms with Crippen molar-refractivity contribution in [2.24, 2.45) is 0 Å². The topological polar surface area (TPSA) is 173 Å². The first-order valence-electron chi connectivity index (χ1n) is 4.46. The maximum absolute atomic E-state index is 10.7. The molecule has 102 valence electrons. The van der Waals surface area contributed by atoms with Gasteiger partial charge in [0.1, 0.15) is 0 Å². The molecule has 0 fully saturated rings. The molecule has 10 heteroatoms. The first-order valence-corrected chi connectivity index (χ1v) is 4.46. The highest BCUT2D eigenvalue weighted by Crippen LogP contribution is 2.07. The van der Waals surface area contributed by atoms with Crippen LogP contribution in [0.4, 0.5) is 0 Å². The summed E-state index contributed by atoms with van der Waals surface area (Å²) < 4.78 is 0. The normalized spacial score (nSPS) is 11.9. The predicted octanol–water partition coefficient (Wildman–Crippen LogP) is -2.06. The lowest BCUT2D eigenvalue weighted by Crippen LogP contribution is -2.69. The van der Waals surface area contributed by atoms with Crippen molar-refractivity contribution in [2.45, 2.75) is 24.9 Å². The van der Waals surface area contributed by atoms with E-state index >= 15 is 0 Å². The van der Waals surface area contributed by atoms with Crippen LogP contribution >= 0.6 is 0 Å². The van der Waals surface area contributed by atoms with Crippen LogP contribution in [-0.2, 0) is 19.2 Å². The van der Waals surface area contributed by atoms with Gasteiger partial charge in [0.2, 0.25) is 11.1 Å². The van der Waals surface area contributed by atoms with Crippen LogP contribution in [0.15, 0.2) is 0 Å². The van der Waals surface area contributed by atoms with Gasteiger partial charge in [0.25, 0.3) is 0 Å². The summed E-state index contributed by atoms with van der Waals surface area (Å²) in [5, 5.41) is 34.8. The Kier molecular flexibility index (Phi) is 4.37. The van der Waals surface area contributed by atoms with E-state index < -0.39 is 35.0 Å². The van der Waals surface area contributed by atoms with Crippen molar-refractivity contribution in [2.75, 3.05) is 0 Å². The zero-order valence-corrected chi connectivity index (χ0v) is 9.42. The van der Waals surface area contributed by atoms with Crippen LogP contribution in [0, 0.1) is 0 Å². The smallest absolute Gasteiger partial charge is 0.336 e. The average Bonchev–Trinajstić information content (AvgIpc) is 2.23. The Labute approximate surface area is 100 Å². The number of hydrogen-bond donors (Lipinski definition) is 6. The summed E-state index contributed by atoms with van der Waals surface area (Å²) in [6.07, 6.45) is 0. The summed E-state index contributed by atoms with van der Waals surface area (Å²) in [6, 6.07) is 0. The van der Waals surface area contributed by atoms with E-state index in [2.05, 4.69) is 0 Å². The highest BCUT2D eigenvalue weighted by Gasteiger charge is 2.47. The molecular formula is C8H12N2O8. The summed E-state index contributed by atoms with van der Waals surface area (Å²) in [4.78, 5) is 43.0. The van der Waals surface area contributed by atoms with Gasteiger partial charge in [-0.25, -0.2) is 30.0 Å². The monoisotopic (exact) mass is 264 g/mol. The molecule has 0 aromatic rings. The molecule has 0 heterocycles. The molecule has 0 atom stereocenters. The first-order chi connectivity index (χ1) is 7.98. The molecule has 0 amide bonds. The van der Waals surface area contributed by atoms with Gasteiger partial charge >= 0.3 is 23.9 Å². The number of hydrazine groups is 1. The molecular weight excluding hydrogens is 252 g/mol.